The van der Waals surface area contributed by atoms with Gasteiger partial charge in [0, 0.05) is 0 Å². The highest BCUT2D eigenvalue weighted by Crippen LogP contribution is 2.19. The Labute approximate surface area is 137 Å². The molecule has 2 rings (SSSR count). The van der Waals surface area contributed by atoms with Gasteiger partial charge >= 0.3 is 5.97 Å². The average molecular weight is 312 g/mol. The maximum absolute atomic E-state index is 11.4. The third kappa shape index (κ3) is 5.78. The first-order valence-corrected chi connectivity index (χ1v) is 8.08. The fourth-order valence-electron chi connectivity index (χ4n) is 2.72. The number of carboxylic acid groups (broad SMARTS) is 1. The monoisotopic (exact) mass is 312 g/mol. The predicted molar refractivity (Wildman–Crippen MR) is 91.8 cm³/mol. The summed E-state index contributed by atoms with van der Waals surface area (Å²) in [7, 11) is 1.64. The quantitative estimate of drug-likeness (QED) is 0.748. The first-order chi connectivity index (χ1) is 11.2. The van der Waals surface area contributed by atoms with Gasteiger partial charge in [-0.05, 0) is 55.4 Å². The summed E-state index contributed by atoms with van der Waals surface area (Å²) in [6, 6.07) is 18.1. The minimum atomic E-state index is -0.688. The van der Waals surface area contributed by atoms with E-state index in [0.717, 1.165) is 37.0 Å². The Morgan fingerprint density at radius 2 is 1.61 bits per heavy atom. The van der Waals surface area contributed by atoms with Gasteiger partial charge in [0.1, 0.15) is 5.75 Å². The summed E-state index contributed by atoms with van der Waals surface area (Å²) < 4.78 is 5.13. The lowest BCUT2D eigenvalue weighted by Crippen LogP contribution is -2.15. The Balaban J connectivity index is 1.80. The standard InChI is InChI=1S/C20H24O3/c1-23-19-14-11-17(12-15-19)10-13-18(20(21)22)9-5-8-16-6-3-2-4-7-16/h2-4,6-7,11-12,14-15,18H,5,8-10,13H2,1H3,(H,21,22). The summed E-state index contributed by atoms with van der Waals surface area (Å²) in [5.74, 6) is -0.140. The smallest absolute Gasteiger partial charge is 0.306 e. The molecule has 0 saturated heterocycles. The molecular weight excluding hydrogens is 288 g/mol. The molecule has 0 aliphatic heterocycles. The molecule has 3 nitrogen and oxygen atoms in total. The van der Waals surface area contributed by atoms with E-state index in [1.807, 2.05) is 42.5 Å². The zero-order valence-corrected chi connectivity index (χ0v) is 13.6. The lowest BCUT2D eigenvalue weighted by atomic mass is 9.93. The number of ether oxygens (including phenoxy) is 1. The van der Waals surface area contributed by atoms with Crippen LogP contribution in [-0.4, -0.2) is 18.2 Å². The number of hydrogen-bond acceptors (Lipinski definition) is 2. The largest absolute Gasteiger partial charge is 0.497 e. The second-order valence-electron chi connectivity index (χ2n) is 5.80. The van der Waals surface area contributed by atoms with Crippen LogP contribution in [0.2, 0.25) is 0 Å². The van der Waals surface area contributed by atoms with Crippen LogP contribution in [0.5, 0.6) is 5.75 Å². The molecule has 0 bridgehead atoms. The highest BCUT2D eigenvalue weighted by molar-refractivity contribution is 5.69. The van der Waals surface area contributed by atoms with Gasteiger partial charge in [0.25, 0.3) is 0 Å². The number of aryl methyl sites for hydroxylation is 2. The molecule has 23 heavy (non-hydrogen) atoms. The summed E-state index contributed by atoms with van der Waals surface area (Å²) >= 11 is 0. The molecule has 0 saturated carbocycles. The fraction of sp³-hybridized carbons (Fsp3) is 0.350. The molecule has 0 aromatic heterocycles. The van der Waals surface area contributed by atoms with Crippen molar-refractivity contribution in [2.45, 2.75) is 32.1 Å². The Hall–Kier alpha value is -2.29. The van der Waals surface area contributed by atoms with Gasteiger partial charge in [-0.3, -0.25) is 4.79 Å². The molecular formula is C20H24O3. The van der Waals surface area contributed by atoms with E-state index < -0.39 is 5.97 Å². The summed E-state index contributed by atoms with van der Waals surface area (Å²) in [4.78, 5) is 11.4. The zero-order chi connectivity index (χ0) is 16.5. The predicted octanol–water partition coefficient (Wildman–Crippen LogP) is 4.35. The van der Waals surface area contributed by atoms with Crippen molar-refractivity contribution in [3.8, 4) is 5.75 Å². The number of benzene rings is 2. The van der Waals surface area contributed by atoms with Gasteiger partial charge in [-0.25, -0.2) is 0 Å². The molecule has 0 aliphatic carbocycles. The highest BCUT2D eigenvalue weighted by Gasteiger charge is 2.16. The van der Waals surface area contributed by atoms with Crippen LogP contribution in [0.1, 0.15) is 30.4 Å². The molecule has 2 aromatic rings. The van der Waals surface area contributed by atoms with E-state index in [1.165, 1.54) is 5.56 Å². The second kappa shape index (κ2) is 8.99. The van der Waals surface area contributed by atoms with Crippen molar-refractivity contribution < 1.29 is 14.6 Å². The van der Waals surface area contributed by atoms with Gasteiger partial charge in [0.05, 0.1) is 13.0 Å². The van der Waals surface area contributed by atoms with Gasteiger partial charge in [-0.2, -0.15) is 0 Å². The molecule has 0 aliphatic rings. The van der Waals surface area contributed by atoms with Gasteiger partial charge in [-0.1, -0.05) is 42.5 Å². The third-order valence-corrected chi connectivity index (χ3v) is 4.15. The molecule has 0 amide bonds. The molecule has 3 heteroatoms. The number of carbonyl (C=O) groups is 1. The maximum atomic E-state index is 11.4. The molecule has 0 radical (unpaired) electrons. The zero-order valence-electron chi connectivity index (χ0n) is 13.6. The van der Waals surface area contributed by atoms with Crippen molar-refractivity contribution in [2.24, 2.45) is 5.92 Å². The normalized spacial score (nSPS) is 11.9. The Morgan fingerprint density at radius 3 is 2.22 bits per heavy atom. The van der Waals surface area contributed by atoms with Crippen molar-refractivity contribution in [2.75, 3.05) is 7.11 Å². The van der Waals surface area contributed by atoms with E-state index in [1.54, 1.807) is 7.11 Å². The van der Waals surface area contributed by atoms with Crippen molar-refractivity contribution in [3.63, 3.8) is 0 Å². The number of hydrogen-bond donors (Lipinski definition) is 1. The number of carboxylic acids is 1. The van der Waals surface area contributed by atoms with Crippen LogP contribution in [0.25, 0.3) is 0 Å². The fourth-order valence-corrected chi connectivity index (χ4v) is 2.72. The molecule has 2 aromatic carbocycles. The minimum Gasteiger partial charge on any atom is -0.497 e. The molecule has 0 spiro atoms. The van der Waals surface area contributed by atoms with Gasteiger partial charge in [0.15, 0.2) is 0 Å². The van der Waals surface area contributed by atoms with E-state index in [9.17, 15) is 9.90 Å². The van der Waals surface area contributed by atoms with Crippen LogP contribution >= 0.6 is 0 Å². The number of methoxy groups -OCH3 is 1. The van der Waals surface area contributed by atoms with Crippen molar-refractivity contribution >= 4 is 5.97 Å². The average Bonchev–Trinajstić information content (AvgIpc) is 2.59. The summed E-state index contributed by atoms with van der Waals surface area (Å²) in [5, 5.41) is 9.41. The second-order valence-corrected chi connectivity index (χ2v) is 5.80. The van der Waals surface area contributed by atoms with Crippen molar-refractivity contribution in [1.82, 2.24) is 0 Å². The lowest BCUT2D eigenvalue weighted by Gasteiger charge is -2.12. The van der Waals surface area contributed by atoms with E-state index >= 15 is 0 Å². The van der Waals surface area contributed by atoms with Crippen LogP contribution in [0.15, 0.2) is 54.6 Å². The number of aliphatic carboxylic acids is 1. The molecule has 0 fully saturated rings. The topological polar surface area (TPSA) is 46.5 Å². The van der Waals surface area contributed by atoms with E-state index in [-0.39, 0.29) is 5.92 Å². The van der Waals surface area contributed by atoms with Crippen molar-refractivity contribution in [1.29, 1.82) is 0 Å². The van der Waals surface area contributed by atoms with E-state index in [2.05, 4.69) is 12.1 Å². The first-order valence-electron chi connectivity index (χ1n) is 8.08. The number of rotatable bonds is 9. The summed E-state index contributed by atoms with van der Waals surface area (Å²) in [6.07, 6.45) is 4.03. The van der Waals surface area contributed by atoms with E-state index in [0.29, 0.717) is 6.42 Å². The van der Waals surface area contributed by atoms with Crippen LogP contribution in [-0.2, 0) is 17.6 Å². The molecule has 1 unspecified atom stereocenters. The first kappa shape index (κ1) is 17.1. The van der Waals surface area contributed by atoms with Crippen molar-refractivity contribution in [3.05, 3.63) is 65.7 Å². The van der Waals surface area contributed by atoms with Crippen LogP contribution in [0, 0.1) is 5.92 Å². The van der Waals surface area contributed by atoms with Crippen LogP contribution in [0.3, 0.4) is 0 Å². The van der Waals surface area contributed by atoms with Crippen LogP contribution in [0.4, 0.5) is 0 Å². The minimum absolute atomic E-state index is 0.277. The molecule has 0 heterocycles. The van der Waals surface area contributed by atoms with Gasteiger partial charge in [-0.15, -0.1) is 0 Å². The summed E-state index contributed by atoms with van der Waals surface area (Å²) in [6.45, 7) is 0. The maximum Gasteiger partial charge on any atom is 0.306 e. The molecule has 1 N–H and O–H groups in total. The molecule has 122 valence electrons. The summed E-state index contributed by atoms with van der Waals surface area (Å²) in [5.41, 5.74) is 2.42. The molecule has 1 atom stereocenters. The lowest BCUT2D eigenvalue weighted by molar-refractivity contribution is -0.142. The van der Waals surface area contributed by atoms with Crippen LogP contribution < -0.4 is 4.74 Å². The Kier molecular flexibility index (Phi) is 6.67. The third-order valence-electron chi connectivity index (χ3n) is 4.15. The van der Waals surface area contributed by atoms with E-state index in [4.69, 9.17) is 4.74 Å². The Morgan fingerprint density at radius 1 is 0.957 bits per heavy atom. The van der Waals surface area contributed by atoms with Gasteiger partial charge in [0.2, 0.25) is 0 Å². The van der Waals surface area contributed by atoms with Gasteiger partial charge < -0.3 is 9.84 Å². The Bertz CT molecular complexity index is 590. The SMILES string of the molecule is COc1ccc(CCC(CCCc2ccccc2)C(=O)O)cc1. The highest BCUT2D eigenvalue weighted by atomic mass is 16.5.